The lowest BCUT2D eigenvalue weighted by Gasteiger charge is -2.12. The number of halogens is 1. The van der Waals surface area contributed by atoms with Crippen molar-refractivity contribution in [3.63, 3.8) is 0 Å². The summed E-state index contributed by atoms with van der Waals surface area (Å²) in [6.45, 7) is 0.486. The number of ether oxygens (including phenoxy) is 2. The first-order chi connectivity index (χ1) is 9.60. The van der Waals surface area contributed by atoms with Gasteiger partial charge in [-0.2, -0.15) is 0 Å². The van der Waals surface area contributed by atoms with Crippen LogP contribution in [0.2, 0.25) is 0 Å². The fourth-order valence-corrected chi connectivity index (χ4v) is 2.17. The largest absolute Gasteiger partial charge is 0.493 e. The molecular formula is C15H14INO2S. The first-order valence-electron chi connectivity index (χ1n) is 5.95. The molecule has 0 aliphatic carbocycles. The van der Waals surface area contributed by atoms with Gasteiger partial charge in [-0.05, 0) is 58.5 Å². The highest BCUT2D eigenvalue weighted by atomic mass is 127. The molecule has 104 valence electrons. The zero-order valence-corrected chi connectivity index (χ0v) is 13.9. The third-order valence-corrected chi connectivity index (χ3v) is 3.71. The van der Waals surface area contributed by atoms with Crippen LogP contribution >= 0.6 is 34.8 Å². The normalized spacial score (nSPS) is 10.1. The molecule has 0 radical (unpaired) electrons. The van der Waals surface area contributed by atoms with Crippen LogP contribution in [0.25, 0.3) is 0 Å². The van der Waals surface area contributed by atoms with E-state index in [1.54, 1.807) is 13.2 Å². The molecule has 3 nitrogen and oxygen atoms in total. The maximum Gasteiger partial charge on any atom is 0.161 e. The Morgan fingerprint density at radius 2 is 1.85 bits per heavy atom. The Morgan fingerprint density at radius 1 is 1.15 bits per heavy atom. The quantitative estimate of drug-likeness (QED) is 0.618. The summed E-state index contributed by atoms with van der Waals surface area (Å²) in [7, 11) is 1.59. The molecule has 0 unspecified atom stereocenters. The topological polar surface area (TPSA) is 44.5 Å². The molecule has 0 aliphatic rings. The van der Waals surface area contributed by atoms with Gasteiger partial charge in [-0.15, -0.1) is 0 Å². The molecule has 20 heavy (non-hydrogen) atoms. The van der Waals surface area contributed by atoms with Crippen molar-refractivity contribution < 1.29 is 9.47 Å². The molecule has 0 heterocycles. The molecule has 0 atom stereocenters. The standard InChI is InChI=1S/C15H14INO2S/c1-18-14-8-11(15(17)20)4-7-13(14)19-9-10-2-5-12(16)6-3-10/h2-8H,9H2,1H3,(H2,17,20). The second-order valence-electron chi connectivity index (χ2n) is 4.15. The van der Waals surface area contributed by atoms with Crippen molar-refractivity contribution in [2.45, 2.75) is 6.61 Å². The second kappa shape index (κ2) is 6.90. The van der Waals surface area contributed by atoms with Gasteiger partial charge in [0.05, 0.1) is 7.11 Å². The monoisotopic (exact) mass is 399 g/mol. The summed E-state index contributed by atoms with van der Waals surface area (Å²) in [6.07, 6.45) is 0. The van der Waals surface area contributed by atoms with Crippen molar-refractivity contribution in [1.29, 1.82) is 0 Å². The number of thiocarbonyl (C=S) groups is 1. The van der Waals surface area contributed by atoms with E-state index >= 15 is 0 Å². The molecule has 0 fully saturated rings. The van der Waals surface area contributed by atoms with E-state index in [4.69, 9.17) is 27.4 Å². The van der Waals surface area contributed by atoms with E-state index in [2.05, 4.69) is 22.6 Å². The van der Waals surface area contributed by atoms with Crippen molar-refractivity contribution >= 4 is 39.8 Å². The maximum atomic E-state index is 5.78. The smallest absolute Gasteiger partial charge is 0.161 e. The summed E-state index contributed by atoms with van der Waals surface area (Å²) in [4.78, 5) is 0.340. The van der Waals surface area contributed by atoms with Crippen LogP contribution in [0.1, 0.15) is 11.1 Å². The predicted octanol–water partition coefficient (Wildman–Crippen LogP) is 3.51. The van der Waals surface area contributed by atoms with Gasteiger partial charge in [-0.25, -0.2) is 0 Å². The van der Waals surface area contributed by atoms with Gasteiger partial charge in [0, 0.05) is 9.13 Å². The summed E-state index contributed by atoms with van der Waals surface area (Å²) >= 11 is 7.22. The molecule has 2 aromatic rings. The molecule has 5 heteroatoms. The molecule has 2 aromatic carbocycles. The Labute approximate surface area is 137 Å². The SMILES string of the molecule is COc1cc(C(N)=S)ccc1OCc1ccc(I)cc1. The molecular weight excluding hydrogens is 385 g/mol. The van der Waals surface area contributed by atoms with Gasteiger partial charge in [-0.3, -0.25) is 0 Å². The van der Waals surface area contributed by atoms with Crippen LogP contribution in [0, 0.1) is 3.57 Å². The van der Waals surface area contributed by atoms with E-state index in [9.17, 15) is 0 Å². The minimum Gasteiger partial charge on any atom is -0.493 e. The van der Waals surface area contributed by atoms with E-state index < -0.39 is 0 Å². The molecule has 0 saturated carbocycles. The van der Waals surface area contributed by atoms with Gasteiger partial charge in [0.2, 0.25) is 0 Å². The minimum atomic E-state index is 0.340. The van der Waals surface area contributed by atoms with E-state index in [1.807, 2.05) is 36.4 Å². The van der Waals surface area contributed by atoms with Gasteiger partial charge in [0.25, 0.3) is 0 Å². The van der Waals surface area contributed by atoms with E-state index in [-0.39, 0.29) is 0 Å². The highest BCUT2D eigenvalue weighted by Gasteiger charge is 2.07. The Kier molecular flexibility index (Phi) is 5.19. The third-order valence-electron chi connectivity index (χ3n) is 2.76. The van der Waals surface area contributed by atoms with Gasteiger partial charge in [0.15, 0.2) is 11.5 Å². The molecule has 0 saturated heterocycles. The zero-order valence-electron chi connectivity index (χ0n) is 10.9. The van der Waals surface area contributed by atoms with Crippen molar-refractivity contribution in [1.82, 2.24) is 0 Å². The number of benzene rings is 2. The third kappa shape index (κ3) is 3.83. The van der Waals surface area contributed by atoms with Crippen molar-refractivity contribution in [3.05, 3.63) is 57.2 Å². The van der Waals surface area contributed by atoms with Crippen LogP contribution in [0.4, 0.5) is 0 Å². The van der Waals surface area contributed by atoms with Crippen LogP contribution in [-0.2, 0) is 6.61 Å². The average Bonchev–Trinajstić information content (AvgIpc) is 2.46. The molecule has 2 rings (SSSR count). The zero-order chi connectivity index (χ0) is 14.5. The molecule has 2 N–H and O–H groups in total. The highest BCUT2D eigenvalue weighted by molar-refractivity contribution is 14.1. The van der Waals surface area contributed by atoms with Crippen LogP contribution in [-0.4, -0.2) is 12.1 Å². The minimum absolute atomic E-state index is 0.340. The van der Waals surface area contributed by atoms with Crippen LogP contribution in [0.5, 0.6) is 11.5 Å². The molecule has 0 aliphatic heterocycles. The number of methoxy groups -OCH3 is 1. The number of rotatable bonds is 5. The lowest BCUT2D eigenvalue weighted by molar-refractivity contribution is 0.284. The van der Waals surface area contributed by atoms with Crippen LogP contribution in [0.15, 0.2) is 42.5 Å². The average molecular weight is 399 g/mol. The first kappa shape index (κ1) is 15.1. The first-order valence-corrected chi connectivity index (χ1v) is 7.44. The van der Waals surface area contributed by atoms with Crippen LogP contribution in [0.3, 0.4) is 0 Å². The lowest BCUT2D eigenvalue weighted by Crippen LogP contribution is -2.09. The summed E-state index contributed by atoms with van der Waals surface area (Å²) in [5.74, 6) is 1.30. The van der Waals surface area contributed by atoms with Gasteiger partial charge >= 0.3 is 0 Å². The van der Waals surface area contributed by atoms with E-state index in [0.29, 0.717) is 23.1 Å². The molecule has 0 aromatic heterocycles. The molecule has 0 bridgehead atoms. The summed E-state index contributed by atoms with van der Waals surface area (Å²) in [6, 6.07) is 13.6. The summed E-state index contributed by atoms with van der Waals surface area (Å²) in [5, 5.41) is 0. The lowest BCUT2D eigenvalue weighted by atomic mass is 10.2. The summed E-state index contributed by atoms with van der Waals surface area (Å²) in [5.41, 5.74) is 7.47. The predicted molar refractivity (Wildman–Crippen MR) is 92.4 cm³/mol. The second-order valence-corrected chi connectivity index (χ2v) is 5.83. The Morgan fingerprint density at radius 3 is 2.45 bits per heavy atom. The number of hydrogen-bond donors (Lipinski definition) is 1. The highest BCUT2D eigenvalue weighted by Crippen LogP contribution is 2.28. The molecule has 0 spiro atoms. The van der Waals surface area contributed by atoms with Crippen molar-refractivity contribution in [2.24, 2.45) is 5.73 Å². The fraction of sp³-hybridized carbons (Fsp3) is 0.133. The van der Waals surface area contributed by atoms with Gasteiger partial charge in [-0.1, -0.05) is 24.4 Å². The van der Waals surface area contributed by atoms with E-state index in [1.165, 1.54) is 3.57 Å². The van der Waals surface area contributed by atoms with Crippen molar-refractivity contribution in [2.75, 3.05) is 7.11 Å². The molecule has 0 amide bonds. The number of hydrogen-bond acceptors (Lipinski definition) is 3. The van der Waals surface area contributed by atoms with Crippen molar-refractivity contribution in [3.8, 4) is 11.5 Å². The van der Waals surface area contributed by atoms with Gasteiger partial charge in [0.1, 0.15) is 11.6 Å². The number of nitrogens with two attached hydrogens (primary N) is 1. The van der Waals surface area contributed by atoms with Crippen LogP contribution < -0.4 is 15.2 Å². The Hall–Kier alpha value is -1.34. The Balaban J connectivity index is 2.12. The summed E-state index contributed by atoms with van der Waals surface area (Å²) < 4.78 is 12.3. The van der Waals surface area contributed by atoms with Gasteiger partial charge < -0.3 is 15.2 Å². The maximum absolute atomic E-state index is 5.78. The van der Waals surface area contributed by atoms with E-state index in [0.717, 1.165) is 11.1 Å². The Bertz CT molecular complexity index is 614. The fourth-order valence-electron chi connectivity index (χ4n) is 1.68.